The van der Waals surface area contributed by atoms with E-state index < -0.39 is 0 Å². The van der Waals surface area contributed by atoms with E-state index in [1.54, 1.807) is 0 Å². The number of likely N-dealkylation sites (N-methyl/N-ethyl adjacent to an activating group) is 1. The van der Waals surface area contributed by atoms with E-state index >= 15 is 0 Å². The quantitative estimate of drug-likeness (QED) is 0.732. The van der Waals surface area contributed by atoms with Crippen LogP contribution in [0.4, 0.5) is 0 Å². The highest BCUT2D eigenvalue weighted by Crippen LogP contribution is 2.15. The summed E-state index contributed by atoms with van der Waals surface area (Å²) in [4.78, 5) is 5.04. The average Bonchev–Trinajstić information content (AvgIpc) is 2.28. The summed E-state index contributed by atoms with van der Waals surface area (Å²) < 4.78 is 0. The van der Waals surface area contributed by atoms with E-state index in [1.165, 1.54) is 0 Å². The van der Waals surface area contributed by atoms with Gasteiger partial charge in [-0.05, 0) is 34.2 Å². The molecule has 1 saturated heterocycles. The molecule has 17 heavy (non-hydrogen) atoms. The van der Waals surface area contributed by atoms with Crippen molar-refractivity contribution in [1.29, 1.82) is 0 Å². The molecule has 0 bridgehead atoms. The third-order valence-corrected chi connectivity index (χ3v) is 3.69. The fraction of sp³-hybridized carbons (Fsp3) is 1.00. The fourth-order valence-electron chi connectivity index (χ4n) is 2.40. The van der Waals surface area contributed by atoms with Gasteiger partial charge in [-0.3, -0.25) is 9.80 Å². The molecule has 1 heterocycles. The maximum Gasteiger partial charge on any atom is 0.0446 e. The smallest absolute Gasteiger partial charge is 0.0446 e. The summed E-state index contributed by atoms with van der Waals surface area (Å²) in [5.74, 6) is 0. The van der Waals surface area contributed by atoms with Gasteiger partial charge in [0.25, 0.3) is 0 Å². The minimum Gasteiger partial charge on any atom is -0.396 e. The first kappa shape index (κ1) is 14.9. The second-order valence-corrected chi connectivity index (χ2v) is 5.96. The molecule has 0 spiro atoms. The minimum atomic E-state index is 0.271. The van der Waals surface area contributed by atoms with E-state index in [1.807, 2.05) is 7.05 Å². The number of rotatable bonds is 5. The molecule has 0 saturated carbocycles. The molecule has 1 atom stereocenters. The monoisotopic (exact) mass is 243 g/mol. The molecular weight excluding hydrogens is 214 g/mol. The van der Waals surface area contributed by atoms with Crippen LogP contribution in [0.25, 0.3) is 0 Å². The van der Waals surface area contributed by atoms with Crippen LogP contribution in [0, 0.1) is 0 Å². The largest absolute Gasteiger partial charge is 0.396 e. The molecular formula is C13H29N3O. The molecule has 102 valence electrons. The molecule has 1 fully saturated rings. The van der Waals surface area contributed by atoms with Crippen molar-refractivity contribution in [2.45, 2.75) is 38.8 Å². The van der Waals surface area contributed by atoms with Gasteiger partial charge in [0.2, 0.25) is 0 Å². The van der Waals surface area contributed by atoms with E-state index in [0.717, 1.165) is 39.1 Å². The van der Waals surface area contributed by atoms with Gasteiger partial charge >= 0.3 is 0 Å². The average molecular weight is 243 g/mol. The van der Waals surface area contributed by atoms with Gasteiger partial charge in [-0.2, -0.15) is 0 Å². The lowest BCUT2D eigenvalue weighted by atomic mass is 10.0. The van der Waals surface area contributed by atoms with Crippen LogP contribution in [0.15, 0.2) is 0 Å². The van der Waals surface area contributed by atoms with Crippen molar-refractivity contribution in [3.63, 3.8) is 0 Å². The van der Waals surface area contributed by atoms with Crippen molar-refractivity contribution < 1.29 is 5.11 Å². The second-order valence-electron chi connectivity index (χ2n) is 5.96. The first-order valence-corrected chi connectivity index (χ1v) is 6.73. The van der Waals surface area contributed by atoms with E-state index in [2.05, 4.69) is 35.9 Å². The summed E-state index contributed by atoms with van der Waals surface area (Å²) in [5.41, 5.74) is 0.291. The van der Waals surface area contributed by atoms with Gasteiger partial charge in [0.1, 0.15) is 0 Å². The summed E-state index contributed by atoms with van der Waals surface area (Å²) in [6, 6.07) is 0.418. The van der Waals surface area contributed by atoms with Crippen molar-refractivity contribution in [1.82, 2.24) is 15.1 Å². The maximum absolute atomic E-state index is 8.98. The number of aliphatic hydroxyl groups excluding tert-OH is 1. The SMILES string of the molecule is CNC(CCO)CN1CCN(C(C)(C)C)CC1. The van der Waals surface area contributed by atoms with Crippen molar-refractivity contribution in [2.24, 2.45) is 0 Å². The first-order valence-electron chi connectivity index (χ1n) is 6.73. The van der Waals surface area contributed by atoms with Crippen molar-refractivity contribution in [2.75, 3.05) is 46.4 Å². The zero-order valence-corrected chi connectivity index (χ0v) is 11.9. The van der Waals surface area contributed by atoms with E-state index in [9.17, 15) is 0 Å². The number of hydrogen-bond donors (Lipinski definition) is 2. The van der Waals surface area contributed by atoms with Crippen LogP contribution >= 0.6 is 0 Å². The Morgan fingerprint density at radius 3 is 2.18 bits per heavy atom. The Hall–Kier alpha value is -0.160. The Balaban J connectivity index is 2.31. The standard InChI is InChI=1S/C13H29N3O/c1-13(2,3)16-8-6-15(7-9-16)11-12(14-4)5-10-17/h12,14,17H,5-11H2,1-4H3. The molecule has 1 rings (SSSR count). The number of piperazine rings is 1. The number of nitrogens with zero attached hydrogens (tertiary/aromatic N) is 2. The summed E-state index contributed by atoms with van der Waals surface area (Å²) in [7, 11) is 1.98. The highest BCUT2D eigenvalue weighted by atomic mass is 16.3. The molecule has 4 nitrogen and oxygen atoms in total. The molecule has 2 N–H and O–H groups in total. The third kappa shape index (κ3) is 4.92. The van der Waals surface area contributed by atoms with Gasteiger partial charge in [-0.25, -0.2) is 0 Å². The molecule has 0 aromatic carbocycles. The Morgan fingerprint density at radius 1 is 1.18 bits per heavy atom. The lowest BCUT2D eigenvalue weighted by Gasteiger charge is -2.43. The highest BCUT2D eigenvalue weighted by molar-refractivity contribution is 4.83. The number of hydrogen-bond acceptors (Lipinski definition) is 4. The summed E-state index contributed by atoms with van der Waals surface area (Å²) in [6.07, 6.45) is 0.843. The Morgan fingerprint density at radius 2 is 1.76 bits per heavy atom. The maximum atomic E-state index is 8.98. The fourth-order valence-corrected chi connectivity index (χ4v) is 2.40. The van der Waals surface area contributed by atoms with Crippen LogP contribution in [-0.4, -0.2) is 72.9 Å². The number of aliphatic hydroxyl groups is 1. The first-order chi connectivity index (χ1) is 7.97. The van der Waals surface area contributed by atoms with Gasteiger partial charge in [0.05, 0.1) is 0 Å². The van der Waals surface area contributed by atoms with Gasteiger partial charge in [0, 0.05) is 50.9 Å². The molecule has 4 heteroatoms. The predicted molar refractivity (Wildman–Crippen MR) is 72.3 cm³/mol. The lowest BCUT2D eigenvalue weighted by Crippen LogP contribution is -2.55. The van der Waals surface area contributed by atoms with Crippen molar-refractivity contribution >= 4 is 0 Å². The van der Waals surface area contributed by atoms with Crippen LogP contribution in [0.5, 0.6) is 0 Å². The summed E-state index contributed by atoms with van der Waals surface area (Å²) in [6.45, 7) is 12.8. The van der Waals surface area contributed by atoms with E-state index in [4.69, 9.17) is 5.11 Å². The van der Waals surface area contributed by atoms with E-state index in [0.29, 0.717) is 11.6 Å². The lowest BCUT2D eigenvalue weighted by molar-refractivity contribution is 0.0570. The molecule has 0 aromatic rings. The minimum absolute atomic E-state index is 0.271. The van der Waals surface area contributed by atoms with Crippen molar-refractivity contribution in [3.05, 3.63) is 0 Å². The molecule has 0 amide bonds. The molecule has 0 aromatic heterocycles. The van der Waals surface area contributed by atoms with Gasteiger partial charge in [0.15, 0.2) is 0 Å². The van der Waals surface area contributed by atoms with Gasteiger partial charge in [-0.1, -0.05) is 0 Å². The molecule has 1 aliphatic heterocycles. The van der Waals surface area contributed by atoms with Crippen LogP contribution in [0.2, 0.25) is 0 Å². The third-order valence-electron chi connectivity index (χ3n) is 3.69. The number of nitrogens with one attached hydrogen (secondary N) is 1. The second kappa shape index (κ2) is 6.69. The topological polar surface area (TPSA) is 38.7 Å². The molecule has 1 aliphatic rings. The predicted octanol–water partition coefficient (Wildman–Crippen LogP) is 0.373. The van der Waals surface area contributed by atoms with Gasteiger partial charge in [-0.15, -0.1) is 0 Å². The van der Waals surface area contributed by atoms with Crippen LogP contribution in [0.1, 0.15) is 27.2 Å². The molecule has 0 radical (unpaired) electrons. The molecule has 1 unspecified atom stereocenters. The van der Waals surface area contributed by atoms with Crippen LogP contribution < -0.4 is 5.32 Å². The summed E-state index contributed by atoms with van der Waals surface area (Å²) >= 11 is 0. The zero-order chi connectivity index (χ0) is 12.9. The Bertz CT molecular complexity index is 207. The Kier molecular flexibility index (Phi) is 5.86. The zero-order valence-electron chi connectivity index (χ0n) is 11.9. The summed E-state index contributed by atoms with van der Waals surface area (Å²) in [5, 5.41) is 12.3. The Labute approximate surface area is 106 Å². The normalized spacial score (nSPS) is 21.7. The van der Waals surface area contributed by atoms with E-state index in [-0.39, 0.29) is 6.61 Å². The van der Waals surface area contributed by atoms with Gasteiger partial charge < -0.3 is 10.4 Å². The highest BCUT2D eigenvalue weighted by Gasteiger charge is 2.26. The van der Waals surface area contributed by atoms with Crippen molar-refractivity contribution in [3.8, 4) is 0 Å². The molecule has 0 aliphatic carbocycles. The van der Waals surface area contributed by atoms with Crippen LogP contribution in [0.3, 0.4) is 0 Å². The van der Waals surface area contributed by atoms with Crippen LogP contribution in [-0.2, 0) is 0 Å².